The van der Waals surface area contributed by atoms with Crippen molar-refractivity contribution in [1.82, 2.24) is 9.78 Å². The summed E-state index contributed by atoms with van der Waals surface area (Å²) in [7, 11) is 0. The molecule has 5 nitrogen and oxygen atoms in total. The van der Waals surface area contributed by atoms with Gasteiger partial charge >= 0.3 is 0 Å². The van der Waals surface area contributed by atoms with Crippen molar-refractivity contribution in [2.24, 2.45) is 0 Å². The fourth-order valence-electron chi connectivity index (χ4n) is 2.08. The highest BCUT2D eigenvalue weighted by Gasteiger charge is 2.32. The van der Waals surface area contributed by atoms with Gasteiger partial charge in [0.25, 0.3) is 0 Å². The van der Waals surface area contributed by atoms with Crippen LogP contribution in [0, 0.1) is 0 Å². The lowest BCUT2D eigenvalue weighted by Crippen LogP contribution is -2.24. The van der Waals surface area contributed by atoms with Gasteiger partial charge in [-0.3, -0.25) is 14.3 Å². The van der Waals surface area contributed by atoms with Gasteiger partial charge in [-0.05, 0) is 6.42 Å². The van der Waals surface area contributed by atoms with Crippen LogP contribution < -0.4 is 4.90 Å². The molecule has 1 aromatic rings. The maximum atomic E-state index is 11.9. The fraction of sp³-hybridized carbons (Fsp3) is 0.583. The topological polar surface area (TPSA) is 55.2 Å². The maximum Gasteiger partial charge on any atom is 0.228 e. The van der Waals surface area contributed by atoms with E-state index in [2.05, 4.69) is 12.0 Å². The van der Waals surface area contributed by atoms with Crippen LogP contribution in [0.2, 0.25) is 0 Å². The number of hydrogen-bond acceptors (Lipinski definition) is 4. The lowest BCUT2D eigenvalue weighted by molar-refractivity contribution is -0.117. The van der Waals surface area contributed by atoms with Crippen molar-refractivity contribution in [3.05, 3.63) is 12.4 Å². The molecular formula is C12H17N3O2S. The number of aromatic nitrogens is 2. The highest BCUT2D eigenvalue weighted by Crippen LogP contribution is 2.28. The monoisotopic (exact) mass is 267 g/mol. The minimum atomic E-state index is 0.0660. The number of nitrogens with zero attached hydrogens (tertiary/aromatic N) is 3. The fourth-order valence-corrected chi connectivity index (χ4v) is 3.00. The largest absolute Gasteiger partial charge is 0.308 e. The first-order valence-corrected chi connectivity index (χ1v) is 6.98. The number of aryl methyl sites for hydroxylation is 1. The van der Waals surface area contributed by atoms with Crippen LogP contribution in [0.25, 0.3) is 0 Å². The number of hydrogen-bond donors (Lipinski definition) is 0. The van der Waals surface area contributed by atoms with E-state index in [0.29, 0.717) is 13.0 Å². The van der Waals surface area contributed by atoms with Gasteiger partial charge in [0.15, 0.2) is 5.12 Å². The van der Waals surface area contributed by atoms with Gasteiger partial charge in [-0.15, -0.1) is 0 Å². The quantitative estimate of drug-likeness (QED) is 0.833. The van der Waals surface area contributed by atoms with E-state index in [1.165, 1.54) is 18.7 Å². The second kappa shape index (κ2) is 5.56. The second-order valence-electron chi connectivity index (χ2n) is 4.40. The molecule has 0 N–H and O–H groups in total. The van der Waals surface area contributed by atoms with Crippen LogP contribution in [0.4, 0.5) is 5.69 Å². The Balaban J connectivity index is 2.04. The van der Waals surface area contributed by atoms with Crippen LogP contribution in [-0.2, 0) is 16.1 Å². The molecule has 0 spiro atoms. The summed E-state index contributed by atoms with van der Waals surface area (Å²) in [6, 6.07) is 0. The molecule has 0 aromatic carbocycles. The zero-order valence-corrected chi connectivity index (χ0v) is 11.4. The van der Waals surface area contributed by atoms with E-state index in [9.17, 15) is 9.59 Å². The number of rotatable bonds is 4. The lowest BCUT2D eigenvalue weighted by atomic mass is 10.4. The second-order valence-corrected chi connectivity index (χ2v) is 5.88. The Bertz CT molecular complexity index is 458. The van der Waals surface area contributed by atoms with Crippen molar-refractivity contribution >= 4 is 28.5 Å². The Morgan fingerprint density at radius 2 is 2.39 bits per heavy atom. The van der Waals surface area contributed by atoms with E-state index in [1.807, 2.05) is 10.9 Å². The normalized spacial score (nSPS) is 19.6. The van der Waals surface area contributed by atoms with Gasteiger partial charge < -0.3 is 4.90 Å². The third-order valence-electron chi connectivity index (χ3n) is 2.81. The van der Waals surface area contributed by atoms with Gasteiger partial charge in [0, 0.05) is 37.9 Å². The molecule has 6 heteroatoms. The van der Waals surface area contributed by atoms with Crippen LogP contribution in [0.15, 0.2) is 12.4 Å². The van der Waals surface area contributed by atoms with Crippen molar-refractivity contribution in [2.45, 2.75) is 38.5 Å². The van der Waals surface area contributed by atoms with E-state index in [1.54, 1.807) is 11.1 Å². The maximum absolute atomic E-state index is 11.9. The molecule has 1 amide bonds. The van der Waals surface area contributed by atoms with Crippen LogP contribution in [0.1, 0.15) is 26.7 Å². The summed E-state index contributed by atoms with van der Waals surface area (Å²) < 4.78 is 1.84. The summed E-state index contributed by atoms with van der Waals surface area (Å²) in [6.45, 7) is 5.08. The van der Waals surface area contributed by atoms with Crippen molar-refractivity contribution in [3.63, 3.8) is 0 Å². The summed E-state index contributed by atoms with van der Waals surface area (Å²) in [5, 5.41) is 4.36. The first kappa shape index (κ1) is 13.1. The molecule has 1 atom stereocenters. The standard InChI is InChI=1S/C12H17N3O2S/c1-3-4-14-7-10(6-13-14)15-8-11(5-12(15)17)18-9(2)16/h6-7,11H,3-5,8H2,1-2H3. The molecule has 0 saturated carbocycles. The summed E-state index contributed by atoms with van der Waals surface area (Å²) in [5.74, 6) is 0.0739. The van der Waals surface area contributed by atoms with Crippen molar-refractivity contribution in [1.29, 1.82) is 0 Å². The van der Waals surface area contributed by atoms with Crippen molar-refractivity contribution in [2.75, 3.05) is 11.4 Å². The van der Waals surface area contributed by atoms with E-state index in [4.69, 9.17) is 0 Å². The Hall–Kier alpha value is -1.30. The lowest BCUT2D eigenvalue weighted by Gasteiger charge is -2.13. The number of amides is 1. The predicted molar refractivity (Wildman–Crippen MR) is 71.5 cm³/mol. The summed E-state index contributed by atoms with van der Waals surface area (Å²) >= 11 is 1.25. The Morgan fingerprint density at radius 3 is 3.06 bits per heavy atom. The highest BCUT2D eigenvalue weighted by atomic mass is 32.2. The smallest absolute Gasteiger partial charge is 0.228 e. The Kier molecular flexibility index (Phi) is 4.06. The number of carbonyl (C=O) groups excluding carboxylic acids is 2. The molecule has 2 rings (SSSR count). The van der Waals surface area contributed by atoms with Gasteiger partial charge in [-0.1, -0.05) is 18.7 Å². The molecule has 1 fully saturated rings. The molecule has 0 aliphatic carbocycles. The molecule has 18 heavy (non-hydrogen) atoms. The molecule has 1 aliphatic heterocycles. The van der Waals surface area contributed by atoms with Crippen molar-refractivity contribution in [3.8, 4) is 0 Å². The van der Waals surface area contributed by atoms with Crippen LogP contribution in [0.3, 0.4) is 0 Å². The van der Waals surface area contributed by atoms with Gasteiger partial charge in [0.1, 0.15) is 0 Å². The van der Waals surface area contributed by atoms with Crippen LogP contribution >= 0.6 is 11.8 Å². The van der Waals surface area contributed by atoms with E-state index < -0.39 is 0 Å². The molecular weight excluding hydrogens is 250 g/mol. The molecule has 1 saturated heterocycles. The Morgan fingerprint density at radius 1 is 1.61 bits per heavy atom. The zero-order valence-electron chi connectivity index (χ0n) is 10.6. The average Bonchev–Trinajstić information content (AvgIpc) is 2.85. The molecule has 98 valence electrons. The molecule has 2 heterocycles. The van der Waals surface area contributed by atoms with Gasteiger partial charge in [-0.25, -0.2) is 0 Å². The third-order valence-corrected chi connectivity index (χ3v) is 3.79. The Labute approximate surface area is 111 Å². The first-order chi connectivity index (χ1) is 8.60. The van der Waals surface area contributed by atoms with Crippen molar-refractivity contribution < 1.29 is 9.59 Å². The summed E-state index contributed by atoms with van der Waals surface area (Å²) in [5.41, 5.74) is 0.833. The minimum absolute atomic E-state index is 0.0660. The van der Waals surface area contributed by atoms with Crippen LogP contribution in [-0.4, -0.2) is 32.6 Å². The van der Waals surface area contributed by atoms with Gasteiger partial charge in [-0.2, -0.15) is 5.10 Å². The first-order valence-electron chi connectivity index (χ1n) is 6.10. The van der Waals surface area contributed by atoms with E-state index >= 15 is 0 Å². The van der Waals surface area contributed by atoms with Gasteiger partial charge in [0.2, 0.25) is 5.91 Å². The third kappa shape index (κ3) is 2.93. The summed E-state index contributed by atoms with van der Waals surface area (Å²) in [4.78, 5) is 24.7. The number of thioether (sulfide) groups is 1. The highest BCUT2D eigenvalue weighted by molar-refractivity contribution is 8.14. The average molecular weight is 267 g/mol. The minimum Gasteiger partial charge on any atom is -0.308 e. The summed E-state index contributed by atoms with van der Waals surface area (Å²) in [6.07, 6.45) is 5.05. The molecule has 1 aromatic heterocycles. The molecule has 0 bridgehead atoms. The molecule has 1 unspecified atom stereocenters. The number of anilines is 1. The van der Waals surface area contributed by atoms with Gasteiger partial charge in [0.05, 0.1) is 11.9 Å². The van der Waals surface area contributed by atoms with Crippen LogP contribution in [0.5, 0.6) is 0 Å². The molecule has 1 aliphatic rings. The van der Waals surface area contributed by atoms with E-state index in [-0.39, 0.29) is 16.3 Å². The predicted octanol–water partition coefficient (Wildman–Crippen LogP) is 1.68. The zero-order chi connectivity index (χ0) is 13.1. The molecule has 0 radical (unpaired) electrons. The van der Waals surface area contributed by atoms with E-state index in [0.717, 1.165) is 18.7 Å². The number of carbonyl (C=O) groups is 2. The SMILES string of the molecule is CCCn1cc(N2CC(SC(C)=O)CC2=O)cn1.